The van der Waals surface area contributed by atoms with Crippen LogP contribution >= 0.6 is 0 Å². The highest BCUT2D eigenvalue weighted by molar-refractivity contribution is 6.07. The Morgan fingerprint density at radius 2 is 1.62 bits per heavy atom. The second kappa shape index (κ2) is 7.52. The third-order valence-corrected chi connectivity index (χ3v) is 7.76. The van der Waals surface area contributed by atoms with Crippen molar-refractivity contribution in [2.24, 2.45) is 23.2 Å². The molecule has 1 amide bonds. The summed E-state index contributed by atoms with van der Waals surface area (Å²) in [5.74, 6) is 2.33. The molecule has 1 atom stereocenters. The van der Waals surface area contributed by atoms with E-state index in [0.717, 1.165) is 34.6 Å². The van der Waals surface area contributed by atoms with Crippen molar-refractivity contribution in [3.05, 3.63) is 40.6 Å². The second-order valence-electron chi connectivity index (χ2n) is 10.1. The van der Waals surface area contributed by atoms with Crippen molar-refractivity contribution >= 4 is 11.6 Å². The molecular formula is C25H33N3O. The van der Waals surface area contributed by atoms with Gasteiger partial charge in [0.1, 0.15) is 11.6 Å². The van der Waals surface area contributed by atoms with Gasteiger partial charge in [0.05, 0.1) is 0 Å². The van der Waals surface area contributed by atoms with Crippen LogP contribution in [-0.2, 0) is 4.79 Å². The number of rotatable bonds is 5. The zero-order valence-electron chi connectivity index (χ0n) is 18.1. The third kappa shape index (κ3) is 3.80. The van der Waals surface area contributed by atoms with Crippen molar-refractivity contribution in [3.63, 3.8) is 0 Å². The molecule has 4 aliphatic carbocycles. The van der Waals surface area contributed by atoms with Gasteiger partial charge in [0.15, 0.2) is 0 Å². The van der Waals surface area contributed by atoms with Gasteiger partial charge in [-0.05, 0) is 101 Å². The highest BCUT2D eigenvalue weighted by atomic mass is 16.1. The monoisotopic (exact) mass is 391 g/mol. The highest BCUT2D eigenvalue weighted by Gasteiger charge is 2.53. The van der Waals surface area contributed by atoms with Crippen LogP contribution in [0.25, 0.3) is 0 Å². The molecule has 154 valence electrons. The van der Waals surface area contributed by atoms with Crippen LogP contribution in [0.1, 0.15) is 62.1 Å². The zero-order valence-corrected chi connectivity index (χ0v) is 18.1. The number of hydrogen-bond donors (Lipinski definition) is 2. The van der Waals surface area contributed by atoms with E-state index in [9.17, 15) is 10.1 Å². The van der Waals surface area contributed by atoms with Gasteiger partial charge in [0.2, 0.25) is 0 Å². The normalized spacial score (nSPS) is 31.3. The molecule has 1 aromatic carbocycles. The lowest BCUT2D eigenvalue weighted by atomic mass is 9.48. The maximum atomic E-state index is 12.8. The molecule has 0 aromatic heterocycles. The van der Waals surface area contributed by atoms with E-state index < -0.39 is 0 Å². The Kier molecular flexibility index (Phi) is 5.19. The molecule has 4 fully saturated rings. The summed E-state index contributed by atoms with van der Waals surface area (Å²) in [6, 6.07) is 6.47. The number of hydrogen-bond acceptors (Lipinski definition) is 3. The van der Waals surface area contributed by atoms with Crippen LogP contribution in [0.5, 0.6) is 0 Å². The molecule has 4 saturated carbocycles. The number of carbonyl (C=O) groups excluding carboxylic acids is 1. The van der Waals surface area contributed by atoms with E-state index in [1.807, 2.05) is 32.9 Å². The van der Waals surface area contributed by atoms with Gasteiger partial charge < -0.3 is 10.6 Å². The number of nitriles is 1. The number of benzene rings is 1. The van der Waals surface area contributed by atoms with Crippen molar-refractivity contribution in [2.45, 2.75) is 72.3 Å². The molecule has 4 nitrogen and oxygen atoms in total. The number of carbonyl (C=O) groups is 1. The number of amides is 1. The summed E-state index contributed by atoms with van der Waals surface area (Å²) >= 11 is 0. The topological polar surface area (TPSA) is 64.9 Å². The molecule has 0 aliphatic heterocycles. The van der Waals surface area contributed by atoms with Gasteiger partial charge in [-0.25, -0.2) is 0 Å². The summed E-state index contributed by atoms with van der Waals surface area (Å²) in [4.78, 5) is 12.8. The summed E-state index contributed by atoms with van der Waals surface area (Å²) in [5, 5.41) is 16.0. The first-order valence-corrected chi connectivity index (χ1v) is 11.0. The zero-order chi connectivity index (χ0) is 20.8. The molecule has 5 rings (SSSR count). The minimum absolute atomic E-state index is 0.140. The van der Waals surface area contributed by atoms with Crippen LogP contribution in [0.4, 0.5) is 5.69 Å². The van der Waals surface area contributed by atoms with E-state index in [1.165, 1.54) is 44.1 Å². The predicted molar refractivity (Wildman–Crippen MR) is 116 cm³/mol. The van der Waals surface area contributed by atoms with Crippen LogP contribution < -0.4 is 10.6 Å². The van der Waals surface area contributed by atoms with Gasteiger partial charge in [0, 0.05) is 17.9 Å². The highest BCUT2D eigenvalue weighted by Crippen LogP contribution is 2.61. The van der Waals surface area contributed by atoms with Crippen molar-refractivity contribution in [1.29, 1.82) is 5.26 Å². The van der Waals surface area contributed by atoms with E-state index in [2.05, 4.69) is 23.6 Å². The Balaban J connectivity index is 1.46. The second-order valence-corrected chi connectivity index (χ2v) is 10.1. The molecule has 0 heterocycles. The Morgan fingerprint density at radius 3 is 2.10 bits per heavy atom. The maximum Gasteiger partial charge on any atom is 0.267 e. The molecule has 0 saturated heterocycles. The molecule has 4 aliphatic rings. The molecule has 2 N–H and O–H groups in total. The Morgan fingerprint density at radius 1 is 1.10 bits per heavy atom. The molecule has 1 aromatic rings. The van der Waals surface area contributed by atoms with E-state index in [0.29, 0.717) is 5.41 Å². The first kappa shape index (κ1) is 20.0. The minimum atomic E-state index is -0.340. The molecule has 0 spiro atoms. The molecule has 4 bridgehead atoms. The van der Waals surface area contributed by atoms with Crippen LogP contribution in [-0.4, -0.2) is 11.9 Å². The smallest absolute Gasteiger partial charge is 0.267 e. The van der Waals surface area contributed by atoms with Gasteiger partial charge >= 0.3 is 0 Å². The number of aryl methyl sites for hydroxylation is 3. The summed E-state index contributed by atoms with van der Waals surface area (Å²) in [6.45, 7) is 8.25. The summed E-state index contributed by atoms with van der Waals surface area (Å²) < 4.78 is 0. The van der Waals surface area contributed by atoms with Crippen LogP contribution in [0, 0.1) is 55.3 Å². The fourth-order valence-corrected chi connectivity index (χ4v) is 6.80. The number of nitrogens with one attached hydrogen (secondary N) is 2. The SMILES string of the molecule is Cc1cc(C)c(NC(=O)/C(C#N)=C\NC(C)C23CC4CC(CC(C4)C2)C3)c(C)c1. The first-order chi connectivity index (χ1) is 13.8. The van der Waals surface area contributed by atoms with Gasteiger partial charge in [-0.1, -0.05) is 17.7 Å². The van der Waals surface area contributed by atoms with Gasteiger partial charge in [-0.3, -0.25) is 4.79 Å². The molecule has 4 heteroatoms. The minimum Gasteiger partial charge on any atom is -0.387 e. The Bertz CT molecular complexity index is 834. The van der Waals surface area contributed by atoms with Crippen LogP contribution in [0.15, 0.2) is 23.9 Å². The predicted octanol–water partition coefficient (Wildman–Crippen LogP) is 5.15. The lowest BCUT2D eigenvalue weighted by Crippen LogP contribution is -2.54. The lowest BCUT2D eigenvalue weighted by molar-refractivity contribution is -0.112. The average molecular weight is 392 g/mol. The standard InChI is InChI=1S/C25H33N3O/c1-15-5-16(2)23(17(3)6-15)28-24(29)22(13-26)14-27-18(4)25-10-19-7-20(11-25)9-21(8-19)12-25/h5-6,14,18-21,27H,7-12H2,1-4H3,(H,28,29)/b22-14-. The first-order valence-electron chi connectivity index (χ1n) is 11.0. The van der Waals surface area contributed by atoms with E-state index in [4.69, 9.17) is 0 Å². The third-order valence-electron chi connectivity index (χ3n) is 7.76. The van der Waals surface area contributed by atoms with Gasteiger partial charge in [-0.15, -0.1) is 0 Å². The van der Waals surface area contributed by atoms with Crippen LogP contribution in [0.3, 0.4) is 0 Å². The van der Waals surface area contributed by atoms with Crippen molar-refractivity contribution in [3.8, 4) is 6.07 Å². The van der Waals surface area contributed by atoms with E-state index in [-0.39, 0.29) is 17.5 Å². The number of nitrogens with zero attached hydrogens (tertiary/aromatic N) is 1. The summed E-state index contributed by atoms with van der Waals surface area (Å²) in [6.07, 6.45) is 9.82. The van der Waals surface area contributed by atoms with E-state index >= 15 is 0 Å². The summed E-state index contributed by atoms with van der Waals surface area (Å²) in [5.41, 5.74) is 4.48. The average Bonchev–Trinajstić information content (AvgIpc) is 2.63. The van der Waals surface area contributed by atoms with Crippen molar-refractivity contribution < 1.29 is 4.79 Å². The fourth-order valence-electron chi connectivity index (χ4n) is 6.80. The molecule has 29 heavy (non-hydrogen) atoms. The van der Waals surface area contributed by atoms with Gasteiger partial charge in [0.25, 0.3) is 5.91 Å². The summed E-state index contributed by atoms with van der Waals surface area (Å²) in [7, 11) is 0. The largest absolute Gasteiger partial charge is 0.387 e. The van der Waals surface area contributed by atoms with Crippen LogP contribution in [0.2, 0.25) is 0 Å². The van der Waals surface area contributed by atoms with Gasteiger partial charge in [-0.2, -0.15) is 5.26 Å². The molecule has 1 unspecified atom stereocenters. The Hall–Kier alpha value is -2.28. The maximum absolute atomic E-state index is 12.8. The molecule has 0 radical (unpaired) electrons. The number of anilines is 1. The Labute approximate surface area is 174 Å². The lowest BCUT2D eigenvalue weighted by Gasteiger charge is -2.59. The van der Waals surface area contributed by atoms with Crippen molar-refractivity contribution in [2.75, 3.05) is 5.32 Å². The quantitative estimate of drug-likeness (QED) is 0.539. The van der Waals surface area contributed by atoms with E-state index in [1.54, 1.807) is 6.20 Å². The molecular weight excluding hydrogens is 358 g/mol. The fraction of sp³-hybridized carbons (Fsp3) is 0.600. The van der Waals surface area contributed by atoms with Crippen molar-refractivity contribution in [1.82, 2.24) is 5.32 Å².